The minimum absolute atomic E-state index is 0.233. The fourth-order valence-corrected chi connectivity index (χ4v) is 3.40. The topological polar surface area (TPSA) is 76.7 Å². The smallest absolute Gasteiger partial charge is 0.276 e. The summed E-state index contributed by atoms with van der Waals surface area (Å²) in [5.41, 5.74) is 6.30. The monoisotopic (exact) mass is 440 g/mol. The first-order valence-corrected chi connectivity index (χ1v) is 10.7. The van der Waals surface area contributed by atoms with Gasteiger partial charge in [0.05, 0.1) is 12.2 Å². The molecule has 33 heavy (non-hydrogen) atoms. The Bertz CT molecular complexity index is 1240. The van der Waals surface area contributed by atoms with Gasteiger partial charge in [0.25, 0.3) is 11.8 Å². The Morgan fingerprint density at radius 1 is 0.667 bits per heavy atom. The van der Waals surface area contributed by atoms with E-state index in [0.29, 0.717) is 23.7 Å². The molecular weight excluding hydrogens is 416 g/mol. The van der Waals surface area contributed by atoms with Gasteiger partial charge in [-0.3, -0.25) is 20.4 Å². The van der Waals surface area contributed by atoms with Crippen molar-refractivity contribution < 1.29 is 19.1 Å². The van der Waals surface area contributed by atoms with Crippen molar-refractivity contribution in [3.05, 3.63) is 108 Å². The van der Waals surface area contributed by atoms with Crippen molar-refractivity contribution in [2.45, 2.75) is 6.42 Å². The summed E-state index contributed by atoms with van der Waals surface area (Å²) >= 11 is 0. The summed E-state index contributed by atoms with van der Waals surface area (Å²) in [4.78, 5) is 24.8. The van der Waals surface area contributed by atoms with Crippen LogP contribution in [0.1, 0.15) is 15.9 Å². The molecule has 4 aromatic rings. The first-order valence-electron chi connectivity index (χ1n) is 10.7. The van der Waals surface area contributed by atoms with Crippen LogP contribution in [0.2, 0.25) is 0 Å². The maximum Gasteiger partial charge on any atom is 0.276 e. The van der Waals surface area contributed by atoms with Crippen molar-refractivity contribution in [2.24, 2.45) is 0 Å². The number of hydrazine groups is 1. The lowest BCUT2D eigenvalue weighted by Gasteiger charge is -2.13. The number of benzene rings is 4. The van der Waals surface area contributed by atoms with E-state index in [2.05, 4.69) is 10.9 Å². The van der Waals surface area contributed by atoms with Gasteiger partial charge in [0.2, 0.25) is 0 Å². The highest BCUT2D eigenvalue weighted by Crippen LogP contribution is 2.25. The van der Waals surface area contributed by atoms with Crippen LogP contribution >= 0.6 is 0 Å². The molecular formula is C27H24N2O4. The zero-order chi connectivity index (χ0) is 22.9. The summed E-state index contributed by atoms with van der Waals surface area (Å²) in [6.45, 7) is 0.197. The highest BCUT2D eigenvalue weighted by molar-refractivity contribution is 5.98. The average Bonchev–Trinajstić information content (AvgIpc) is 2.87. The minimum Gasteiger partial charge on any atom is -0.492 e. The molecule has 0 fully saturated rings. The van der Waals surface area contributed by atoms with E-state index in [1.165, 1.54) is 0 Å². The lowest BCUT2D eigenvalue weighted by molar-refractivity contribution is -0.123. The Morgan fingerprint density at radius 3 is 2.24 bits per heavy atom. The minimum atomic E-state index is -0.473. The predicted octanol–water partition coefficient (Wildman–Crippen LogP) is 4.30. The molecule has 0 aliphatic heterocycles. The molecule has 6 nitrogen and oxygen atoms in total. The number of carbonyl (C=O) groups excluding carboxylic acids is 2. The van der Waals surface area contributed by atoms with Gasteiger partial charge in [0, 0.05) is 11.8 Å². The van der Waals surface area contributed by atoms with Crippen LogP contribution in [-0.4, -0.2) is 25.0 Å². The second-order valence-electron chi connectivity index (χ2n) is 7.35. The molecule has 0 saturated carbocycles. The second kappa shape index (κ2) is 10.8. The zero-order valence-electron chi connectivity index (χ0n) is 18.0. The van der Waals surface area contributed by atoms with Crippen LogP contribution in [0.4, 0.5) is 0 Å². The van der Waals surface area contributed by atoms with Crippen molar-refractivity contribution in [3.63, 3.8) is 0 Å². The number of hydrogen-bond donors (Lipinski definition) is 2. The van der Waals surface area contributed by atoms with Gasteiger partial charge in [0.1, 0.15) is 11.5 Å². The normalized spacial score (nSPS) is 10.4. The maximum absolute atomic E-state index is 12.6. The van der Waals surface area contributed by atoms with E-state index in [4.69, 9.17) is 9.47 Å². The molecule has 6 heteroatoms. The van der Waals surface area contributed by atoms with Gasteiger partial charge in [-0.25, -0.2) is 0 Å². The van der Waals surface area contributed by atoms with Gasteiger partial charge in [-0.1, -0.05) is 78.9 Å². The van der Waals surface area contributed by atoms with Gasteiger partial charge >= 0.3 is 0 Å². The molecule has 0 bridgehead atoms. The Balaban J connectivity index is 1.29. The van der Waals surface area contributed by atoms with E-state index in [1.54, 1.807) is 30.3 Å². The van der Waals surface area contributed by atoms with Gasteiger partial charge in [-0.05, 0) is 29.1 Å². The van der Waals surface area contributed by atoms with Gasteiger partial charge in [-0.2, -0.15) is 0 Å². The van der Waals surface area contributed by atoms with Gasteiger partial charge in [-0.15, -0.1) is 0 Å². The highest BCUT2D eigenvalue weighted by Gasteiger charge is 2.13. The van der Waals surface area contributed by atoms with Crippen LogP contribution in [0.3, 0.4) is 0 Å². The summed E-state index contributed by atoms with van der Waals surface area (Å²) in [5, 5.41) is 1.94. The number of fused-ring (bicyclic) bond motifs is 1. The van der Waals surface area contributed by atoms with Crippen molar-refractivity contribution in [3.8, 4) is 11.5 Å². The molecule has 166 valence electrons. The summed E-state index contributed by atoms with van der Waals surface area (Å²) < 4.78 is 11.5. The fourth-order valence-electron chi connectivity index (χ4n) is 3.40. The van der Waals surface area contributed by atoms with E-state index >= 15 is 0 Å². The molecule has 0 heterocycles. The first-order chi connectivity index (χ1) is 16.2. The Kier molecular flexibility index (Phi) is 7.18. The largest absolute Gasteiger partial charge is 0.492 e. The number of nitrogens with one attached hydrogen (secondary N) is 2. The van der Waals surface area contributed by atoms with E-state index in [-0.39, 0.29) is 6.61 Å². The second-order valence-corrected chi connectivity index (χ2v) is 7.35. The number of para-hydroxylation sites is 1. The van der Waals surface area contributed by atoms with Crippen molar-refractivity contribution in [1.82, 2.24) is 10.9 Å². The number of carbonyl (C=O) groups is 2. The van der Waals surface area contributed by atoms with E-state index in [1.807, 2.05) is 66.7 Å². The fraction of sp³-hybridized carbons (Fsp3) is 0.111. The summed E-state index contributed by atoms with van der Waals surface area (Å²) in [6, 6.07) is 30.3. The Morgan fingerprint density at radius 2 is 1.36 bits per heavy atom. The molecule has 0 aliphatic rings. The Labute approximate surface area is 192 Å². The van der Waals surface area contributed by atoms with E-state index < -0.39 is 11.8 Å². The third-order valence-corrected chi connectivity index (χ3v) is 5.05. The average molecular weight is 440 g/mol. The standard InChI is InChI=1S/C27H24N2O4/c30-26(19-33-24-16-8-12-21-11-4-5-13-22(21)24)28-29-27(31)23-14-6-7-15-25(23)32-18-17-20-9-2-1-3-10-20/h1-16H,17-19H2,(H,28,30)(H,29,31). The quantitative estimate of drug-likeness (QED) is 0.401. The molecule has 0 aliphatic carbocycles. The van der Waals surface area contributed by atoms with Crippen LogP contribution in [0.25, 0.3) is 10.8 Å². The maximum atomic E-state index is 12.6. The molecule has 2 amide bonds. The molecule has 4 rings (SSSR count). The number of hydrogen-bond acceptors (Lipinski definition) is 4. The predicted molar refractivity (Wildman–Crippen MR) is 127 cm³/mol. The molecule has 0 radical (unpaired) electrons. The molecule has 0 saturated heterocycles. The van der Waals surface area contributed by atoms with Crippen LogP contribution < -0.4 is 20.3 Å². The van der Waals surface area contributed by atoms with Gasteiger partial charge < -0.3 is 9.47 Å². The van der Waals surface area contributed by atoms with Crippen LogP contribution in [0, 0.1) is 0 Å². The van der Waals surface area contributed by atoms with Crippen LogP contribution in [-0.2, 0) is 11.2 Å². The lowest BCUT2D eigenvalue weighted by Crippen LogP contribution is -2.44. The SMILES string of the molecule is O=C(COc1cccc2ccccc12)NNC(=O)c1ccccc1OCCc1ccccc1. The number of rotatable bonds is 8. The molecule has 0 atom stereocenters. The zero-order valence-corrected chi connectivity index (χ0v) is 18.0. The van der Waals surface area contributed by atoms with E-state index in [0.717, 1.165) is 22.8 Å². The van der Waals surface area contributed by atoms with Crippen molar-refractivity contribution >= 4 is 22.6 Å². The third kappa shape index (κ3) is 5.89. The summed E-state index contributed by atoms with van der Waals surface area (Å²) in [6.07, 6.45) is 0.721. The molecule has 0 spiro atoms. The third-order valence-electron chi connectivity index (χ3n) is 5.05. The molecule has 0 unspecified atom stereocenters. The molecule has 0 aromatic heterocycles. The van der Waals surface area contributed by atoms with Crippen LogP contribution in [0.5, 0.6) is 11.5 Å². The lowest BCUT2D eigenvalue weighted by atomic mass is 10.1. The van der Waals surface area contributed by atoms with E-state index in [9.17, 15) is 9.59 Å². The first kappa shape index (κ1) is 21.9. The van der Waals surface area contributed by atoms with Crippen molar-refractivity contribution in [2.75, 3.05) is 13.2 Å². The van der Waals surface area contributed by atoms with Crippen LogP contribution in [0.15, 0.2) is 97.1 Å². The van der Waals surface area contributed by atoms with Crippen molar-refractivity contribution in [1.29, 1.82) is 0 Å². The summed E-state index contributed by atoms with van der Waals surface area (Å²) in [7, 11) is 0. The highest BCUT2D eigenvalue weighted by atomic mass is 16.5. The molecule has 2 N–H and O–H groups in total. The number of ether oxygens (including phenoxy) is 2. The summed E-state index contributed by atoms with van der Waals surface area (Å²) in [5.74, 6) is 0.113. The molecule has 4 aromatic carbocycles. The number of amides is 2. The Hall–Kier alpha value is -4.32. The van der Waals surface area contributed by atoms with Gasteiger partial charge in [0.15, 0.2) is 6.61 Å².